The molecule has 0 aromatic rings. The Hall–Kier alpha value is -0.120. The Balaban J connectivity index is 1.83. The summed E-state index contributed by atoms with van der Waals surface area (Å²) in [6.07, 6.45) is 4.01. The minimum absolute atomic E-state index is 0.0570. The molecule has 0 aromatic heterocycles. The van der Waals surface area contributed by atoms with Crippen LogP contribution in [0.1, 0.15) is 33.1 Å². The predicted molar refractivity (Wildman–Crippen MR) is 59.8 cm³/mol. The molecule has 1 N–H and O–H groups in total. The number of rotatable bonds is 2. The third-order valence-corrected chi connectivity index (χ3v) is 3.61. The zero-order valence-corrected chi connectivity index (χ0v) is 9.85. The van der Waals surface area contributed by atoms with Crippen LogP contribution in [0.3, 0.4) is 0 Å². The summed E-state index contributed by atoms with van der Waals surface area (Å²) in [6.45, 7) is 7.36. The molecule has 4 atom stereocenters. The van der Waals surface area contributed by atoms with Gasteiger partial charge in [-0.05, 0) is 32.6 Å². The molecule has 3 heteroatoms. The van der Waals surface area contributed by atoms with E-state index in [1.807, 2.05) is 0 Å². The van der Waals surface area contributed by atoms with Crippen LogP contribution in [0.5, 0.6) is 0 Å². The van der Waals surface area contributed by atoms with Gasteiger partial charge >= 0.3 is 0 Å². The highest BCUT2D eigenvalue weighted by molar-refractivity contribution is 4.82. The molecule has 15 heavy (non-hydrogen) atoms. The Kier molecular flexibility index (Phi) is 3.65. The molecule has 1 heterocycles. The van der Waals surface area contributed by atoms with Crippen LogP contribution in [0.4, 0.5) is 0 Å². The minimum Gasteiger partial charge on any atom is -0.393 e. The van der Waals surface area contributed by atoms with Crippen molar-refractivity contribution >= 4 is 0 Å². The van der Waals surface area contributed by atoms with Crippen molar-refractivity contribution in [3.8, 4) is 0 Å². The van der Waals surface area contributed by atoms with Gasteiger partial charge in [0.15, 0.2) is 0 Å². The highest BCUT2D eigenvalue weighted by Gasteiger charge is 2.30. The van der Waals surface area contributed by atoms with E-state index in [2.05, 4.69) is 18.7 Å². The lowest BCUT2D eigenvalue weighted by Gasteiger charge is -2.37. The molecule has 3 nitrogen and oxygen atoms in total. The Morgan fingerprint density at radius 1 is 1.20 bits per heavy atom. The molecule has 0 amide bonds. The predicted octanol–water partition coefficient (Wildman–Crippen LogP) is 1.26. The number of hydrogen-bond donors (Lipinski definition) is 1. The molecule has 0 bridgehead atoms. The Bertz CT molecular complexity index is 200. The van der Waals surface area contributed by atoms with E-state index in [9.17, 15) is 5.11 Å². The zero-order chi connectivity index (χ0) is 10.8. The summed E-state index contributed by atoms with van der Waals surface area (Å²) in [6, 6.07) is 0. The zero-order valence-electron chi connectivity index (χ0n) is 9.85. The third kappa shape index (κ3) is 2.92. The van der Waals surface area contributed by atoms with E-state index in [0.29, 0.717) is 18.1 Å². The van der Waals surface area contributed by atoms with Crippen molar-refractivity contribution in [2.24, 2.45) is 5.92 Å². The molecule has 2 unspecified atom stereocenters. The van der Waals surface area contributed by atoms with Crippen molar-refractivity contribution < 1.29 is 9.84 Å². The van der Waals surface area contributed by atoms with Gasteiger partial charge in [-0.15, -0.1) is 0 Å². The van der Waals surface area contributed by atoms with Gasteiger partial charge in [-0.3, -0.25) is 4.90 Å². The molecule has 1 saturated carbocycles. The second-order valence-corrected chi connectivity index (χ2v) is 5.23. The lowest BCUT2D eigenvalue weighted by atomic mass is 10.0. The van der Waals surface area contributed by atoms with Crippen LogP contribution < -0.4 is 0 Å². The standard InChI is InChI=1S/C12H23NO2/c1-9-6-13(7-10(2)15-9)8-11-4-3-5-12(11)14/h9-12,14H,3-8H2,1-2H3/t9-,10+,11?,12?. The lowest BCUT2D eigenvalue weighted by molar-refractivity contribution is -0.0747. The fourth-order valence-corrected chi connectivity index (χ4v) is 3.00. The molecule has 0 radical (unpaired) electrons. The largest absolute Gasteiger partial charge is 0.393 e. The summed E-state index contributed by atoms with van der Waals surface area (Å²) < 4.78 is 5.70. The van der Waals surface area contributed by atoms with E-state index in [4.69, 9.17) is 4.74 Å². The van der Waals surface area contributed by atoms with Crippen molar-refractivity contribution in [2.75, 3.05) is 19.6 Å². The van der Waals surface area contributed by atoms with Crippen molar-refractivity contribution in [1.82, 2.24) is 4.90 Å². The van der Waals surface area contributed by atoms with Crippen LogP contribution in [0.25, 0.3) is 0 Å². The van der Waals surface area contributed by atoms with Crippen molar-refractivity contribution in [3.05, 3.63) is 0 Å². The van der Waals surface area contributed by atoms with Crippen LogP contribution >= 0.6 is 0 Å². The van der Waals surface area contributed by atoms with Crippen LogP contribution in [0, 0.1) is 5.92 Å². The minimum atomic E-state index is -0.0570. The Morgan fingerprint density at radius 2 is 1.87 bits per heavy atom. The lowest BCUT2D eigenvalue weighted by Crippen LogP contribution is -2.47. The molecule has 0 aromatic carbocycles. The molecule has 1 aliphatic heterocycles. The topological polar surface area (TPSA) is 32.7 Å². The maximum Gasteiger partial charge on any atom is 0.0678 e. The summed E-state index contributed by atoms with van der Waals surface area (Å²) in [4.78, 5) is 2.46. The summed E-state index contributed by atoms with van der Waals surface area (Å²) in [5, 5.41) is 9.79. The summed E-state index contributed by atoms with van der Waals surface area (Å²) in [7, 11) is 0. The normalized spacial score (nSPS) is 43.4. The van der Waals surface area contributed by atoms with Gasteiger partial charge in [0, 0.05) is 19.6 Å². The van der Waals surface area contributed by atoms with E-state index < -0.39 is 0 Å². The summed E-state index contributed by atoms with van der Waals surface area (Å²) in [5.41, 5.74) is 0. The molecule has 2 rings (SSSR count). The van der Waals surface area contributed by atoms with Gasteiger partial charge in [-0.25, -0.2) is 0 Å². The van der Waals surface area contributed by atoms with Gasteiger partial charge in [-0.2, -0.15) is 0 Å². The molecule has 1 aliphatic carbocycles. The van der Waals surface area contributed by atoms with Gasteiger partial charge in [0.2, 0.25) is 0 Å². The number of aliphatic hydroxyl groups excluding tert-OH is 1. The van der Waals surface area contributed by atoms with Crippen molar-refractivity contribution in [2.45, 2.75) is 51.4 Å². The summed E-state index contributed by atoms with van der Waals surface area (Å²) >= 11 is 0. The van der Waals surface area contributed by atoms with E-state index in [1.54, 1.807) is 0 Å². The third-order valence-electron chi connectivity index (χ3n) is 3.61. The first kappa shape index (κ1) is 11.4. The maximum absolute atomic E-state index is 9.79. The van der Waals surface area contributed by atoms with Gasteiger partial charge in [-0.1, -0.05) is 6.42 Å². The van der Waals surface area contributed by atoms with Crippen LogP contribution in [0.2, 0.25) is 0 Å². The number of nitrogens with zero attached hydrogens (tertiary/aromatic N) is 1. The highest BCUT2D eigenvalue weighted by Crippen LogP contribution is 2.27. The van der Waals surface area contributed by atoms with E-state index in [-0.39, 0.29) is 6.10 Å². The quantitative estimate of drug-likeness (QED) is 0.749. The second-order valence-electron chi connectivity index (χ2n) is 5.23. The Morgan fingerprint density at radius 3 is 2.40 bits per heavy atom. The average Bonchev–Trinajstić information content (AvgIpc) is 2.50. The fourth-order valence-electron chi connectivity index (χ4n) is 3.00. The van der Waals surface area contributed by atoms with Crippen LogP contribution in [0.15, 0.2) is 0 Å². The van der Waals surface area contributed by atoms with Gasteiger partial charge in [0.05, 0.1) is 18.3 Å². The molecular weight excluding hydrogens is 190 g/mol. The summed E-state index contributed by atoms with van der Waals surface area (Å²) in [5.74, 6) is 0.502. The van der Waals surface area contributed by atoms with Crippen molar-refractivity contribution in [1.29, 1.82) is 0 Å². The van der Waals surface area contributed by atoms with Gasteiger partial charge in [0.1, 0.15) is 0 Å². The molecule has 1 saturated heterocycles. The number of morpholine rings is 1. The maximum atomic E-state index is 9.79. The molecular formula is C12H23NO2. The van der Waals surface area contributed by atoms with Gasteiger partial charge < -0.3 is 9.84 Å². The highest BCUT2D eigenvalue weighted by atomic mass is 16.5. The number of ether oxygens (including phenoxy) is 1. The fraction of sp³-hybridized carbons (Fsp3) is 1.00. The first-order chi connectivity index (χ1) is 7.15. The molecule has 0 spiro atoms. The monoisotopic (exact) mass is 213 g/mol. The van der Waals surface area contributed by atoms with E-state index >= 15 is 0 Å². The van der Waals surface area contributed by atoms with Crippen molar-refractivity contribution in [3.63, 3.8) is 0 Å². The molecule has 2 fully saturated rings. The van der Waals surface area contributed by atoms with Gasteiger partial charge in [0.25, 0.3) is 0 Å². The second kappa shape index (κ2) is 4.81. The molecule has 88 valence electrons. The Labute approximate surface area is 92.4 Å². The number of aliphatic hydroxyl groups is 1. The van der Waals surface area contributed by atoms with Crippen LogP contribution in [-0.2, 0) is 4.74 Å². The van der Waals surface area contributed by atoms with E-state index in [0.717, 1.165) is 26.1 Å². The smallest absolute Gasteiger partial charge is 0.0678 e. The first-order valence-electron chi connectivity index (χ1n) is 6.21. The first-order valence-corrected chi connectivity index (χ1v) is 6.21. The SMILES string of the molecule is C[C@@H]1CN(CC2CCCC2O)C[C@H](C)O1. The van der Waals surface area contributed by atoms with Crippen LogP contribution in [-0.4, -0.2) is 48.0 Å². The molecule has 2 aliphatic rings. The average molecular weight is 213 g/mol. The number of hydrogen-bond acceptors (Lipinski definition) is 3. The van der Waals surface area contributed by atoms with E-state index in [1.165, 1.54) is 12.8 Å².